The average molecular weight is 356 g/mol. The van der Waals surface area contributed by atoms with Crippen LogP contribution in [-0.2, 0) is 0 Å². The Morgan fingerprint density at radius 2 is 2.00 bits per heavy atom. The molecule has 0 saturated heterocycles. The number of carbonyl (C=O) groups excluding carboxylic acids is 1. The van der Waals surface area contributed by atoms with Crippen LogP contribution in [0, 0.1) is 5.41 Å². The number of ether oxygens (including phenoxy) is 2. The van der Waals surface area contributed by atoms with E-state index >= 15 is 0 Å². The summed E-state index contributed by atoms with van der Waals surface area (Å²) in [7, 11) is 2.90. The Morgan fingerprint density at radius 1 is 1.27 bits per heavy atom. The number of carbonyl (C=O) groups is 1. The van der Waals surface area contributed by atoms with Gasteiger partial charge in [0.15, 0.2) is 0 Å². The number of aliphatic hydroxyl groups is 1. The summed E-state index contributed by atoms with van der Waals surface area (Å²) in [5, 5.41) is 16.9. The maximum atomic E-state index is 11.8. The van der Waals surface area contributed by atoms with E-state index in [-0.39, 0.29) is 22.7 Å². The molecule has 26 heavy (non-hydrogen) atoms. The normalized spacial score (nSPS) is 10.7. The summed E-state index contributed by atoms with van der Waals surface area (Å²) in [6.07, 6.45) is 1.49. The van der Waals surface area contributed by atoms with E-state index in [1.165, 1.54) is 20.4 Å². The average Bonchev–Trinajstić information content (AvgIpc) is 2.65. The molecule has 0 bridgehead atoms. The van der Waals surface area contributed by atoms with Crippen LogP contribution in [0.1, 0.15) is 21.5 Å². The maximum absolute atomic E-state index is 11.8. The summed E-state index contributed by atoms with van der Waals surface area (Å²) in [4.78, 5) is 16.1. The number of hydrogen-bond acceptors (Lipinski definition) is 7. The molecule has 6 N–H and O–H groups in total. The zero-order chi connectivity index (χ0) is 19.3. The second-order valence-electron chi connectivity index (χ2n) is 5.33. The lowest BCUT2D eigenvalue weighted by molar-refractivity contribution is 0.0998. The Balaban J connectivity index is 2.50. The van der Waals surface area contributed by atoms with Crippen molar-refractivity contribution in [3.05, 3.63) is 47.0 Å². The van der Waals surface area contributed by atoms with Crippen molar-refractivity contribution in [3.63, 3.8) is 0 Å². The van der Waals surface area contributed by atoms with Gasteiger partial charge < -0.3 is 31.5 Å². The molecule has 0 aliphatic rings. The Hall–Kier alpha value is -3.39. The molecule has 0 atom stereocenters. The van der Waals surface area contributed by atoms with Crippen molar-refractivity contribution in [3.8, 4) is 11.5 Å². The van der Waals surface area contributed by atoms with E-state index in [2.05, 4.69) is 4.99 Å². The molecule has 1 amide bonds. The summed E-state index contributed by atoms with van der Waals surface area (Å²) in [6.45, 7) is -0.427. The number of nitrogen functional groups attached to an aromatic ring is 1. The molecule has 8 heteroatoms. The van der Waals surface area contributed by atoms with E-state index in [9.17, 15) is 4.79 Å². The van der Waals surface area contributed by atoms with E-state index in [1.54, 1.807) is 30.3 Å². The molecular weight excluding hydrogens is 336 g/mol. The Bertz CT molecular complexity index is 878. The van der Waals surface area contributed by atoms with Crippen LogP contribution in [0.5, 0.6) is 11.5 Å². The van der Waals surface area contributed by atoms with Gasteiger partial charge in [-0.1, -0.05) is 6.07 Å². The SMILES string of the molecule is COc1cc(N=Cc2ccc(N)c(C(=N)CO)c2)c(C(N)=O)c(OC)c1. The number of nitrogens with two attached hydrogens (primary N) is 2. The Labute approximate surface area is 150 Å². The van der Waals surface area contributed by atoms with Crippen LogP contribution in [0.4, 0.5) is 11.4 Å². The highest BCUT2D eigenvalue weighted by molar-refractivity contribution is 6.05. The van der Waals surface area contributed by atoms with Gasteiger partial charge in [0.05, 0.1) is 32.2 Å². The predicted octanol–water partition coefficient (Wildman–Crippen LogP) is 1.50. The fourth-order valence-corrected chi connectivity index (χ4v) is 2.35. The minimum atomic E-state index is -0.684. The molecule has 0 saturated carbocycles. The van der Waals surface area contributed by atoms with Crippen molar-refractivity contribution >= 4 is 29.2 Å². The van der Waals surface area contributed by atoms with E-state index in [0.29, 0.717) is 22.6 Å². The number of nitrogens with one attached hydrogen (secondary N) is 1. The largest absolute Gasteiger partial charge is 0.497 e. The molecule has 2 aromatic carbocycles. The number of rotatable bonds is 7. The van der Waals surface area contributed by atoms with Crippen LogP contribution in [-0.4, -0.2) is 43.8 Å². The molecule has 0 heterocycles. The number of aliphatic imine (C=N–C) groups is 1. The quantitative estimate of drug-likeness (QED) is 0.439. The number of benzene rings is 2. The third-order valence-electron chi connectivity index (χ3n) is 3.67. The van der Waals surface area contributed by atoms with Gasteiger partial charge in [0, 0.05) is 29.6 Å². The molecule has 0 aliphatic heterocycles. The molecule has 2 rings (SSSR count). The lowest BCUT2D eigenvalue weighted by atomic mass is 10.1. The number of primary amides is 1. The minimum absolute atomic E-state index is 0.00127. The van der Waals surface area contributed by atoms with Gasteiger partial charge in [-0.3, -0.25) is 9.79 Å². The van der Waals surface area contributed by atoms with Gasteiger partial charge in [0.25, 0.3) is 5.91 Å². The summed E-state index contributed by atoms with van der Waals surface area (Å²) in [5.41, 5.74) is 13.1. The number of aliphatic hydroxyl groups excluding tert-OH is 1. The number of nitrogens with zero attached hydrogens (tertiary/aromatic N) is 1. The zero-order valence-corrected chi connectivity index (χ0v) is 14.4. The van der Waals surface area contributed by atoms with Crippen molar-refractivity contribution < 1.29 is 19.4 Å². The van der Waals surface area contributed by atoms with Gasteiger partial charge in [-0.25, -0.2) is 0 Å². The molecule has 0 radical (unpaired) electrons. The summed E-state index contributed by atoms with van der Waals surface area (Å²) in [5.74, 6) is 0.0276. The first-order chi connectivity index (χ1) is 12.4. The molecule has 136 valence electrons. The van der Waals surface area contributed by atoms with Crippen molar-refractivity contribution in [2.75, 3.05) is 26.6 Å². The number of amides is 1. The summed E-state index contributed by atoms with van der Waals surface area (Å²) >= 11 is 0. The van der Waals surface area contributed by atoms with Crippen molar-refractivity contribution in [1.82, 2.24) is 0 Å². The molecule has 0 aliphatic carbocycles. The maximum Gasteiger partial charge on any atom is 0.254 e. The predicted molar refractivity (Wildman–Crippen MR) is 100 cm³/mol. The molecular formula is C18H20N4O4. The molecule has 0 spiro atoms. The fourth-order valence-electron chi connectivity index (χ4n) is 2.35. The molecule has 2 aromatic rings. The monoisotopic (exact) mass is 356 g/mol. The van der Waals surface area contributed by atoms with Gasteiger partial charge in [-0.15, -0.1) is 0 Å². The topological polar surface area (TPSA) is 144 Å². The first-order valence-corrected chi connectivity index (χ1v) is 7.59. The fraction of sp³-hybridized carbons (Fsp3) is 0.167. The summed E-state index contributed by atoms with van der Waals surface area (Å²) < 4.78 is 10.4. The zero-order valence-electron chi connectivity index (χ0n) is 14.4. The lowest BCUT2D eigenvalue weighted by Crippen LogP contribution is -2.13. The molecule has 0 unspecified atom stereocenters. The van der Waals surface area contributed by atoms with E-state index < -0.39 is 12.5 Å². The van der Waals surface area contributed by atoms with Gasteiger partial charge in [-0.05, 0) is 17.7 Å². The van der Waals surface area contributed by atoms with Gasteiger partial charge in [-0.2, -0.15) is 0 Å². The van der Waals surface area contributed by atoms with Crippen LogP contribution < -0.4 is 20.9 Å². The van der Waals surface area contributed by atoms with Crippen LogP contribution in [0.2, 0.25) is 0 Å². The lowest BCUT2D eigenvalue weighted by Gasteiger charge is -2.11. The van der Waals surface area contributed by atoms with Gasteiger partial charge in [0.2, 0.25) is 0 Å². The highest BCUT2D eigenvalue weighted by Gasteiger charge is 2.16. The number of methoxy groups -OCH3 is 2. The van der Waals surface area contributed by atoms with Crippen LogP contribution >= 0.6 is 0 Å². The van der Waals surface area contributed by atoms with E-state index in [0.717, 1.165) is 0 Å². The van der Waals surface area contributed by atoms with E-state index in [4.69, 9.17) is 31.5 Å². The van der Waals surface area contributed by atoms with Crippen LogP contribution in [0.3, 0.4) is 0 Å². The molecule has 8 nitrogen and oxygen atoms in total. The van der Waals surface area contributed by atoms with Crippen molar-refractivity contribution in [2.24, 2.45) is 10.7 Å². The highest BCUT2D eigenvalue weighted by Crippen LogP contribution is 2.34. The third kappa shape index (κ3) is 3.98. The smallest absolute Gasteiger partial charge is 0.254 e. The number of hydrogen-bond donors (Lipinski definition) is 4. The summed E-state index contributed by atoms with van der Waals surface area (Å²) in [6, 6.07) is 8.05. The Morgan fingerprint density at radius 3 is 2.58 bits per heavy atom. The first-order valence-electron chi connectivity index (χ1n) is 7.59. The van der Waals surface area contributed by atoms with Crippen LogP contribution in [0.25, 0.3) is 0 Å². The number of anilines is 1. The standard InChI is InChI=1S/C18H20N4O4/c1-25-11-6-15(17(18(21)24)16(7-11)26-2)22-8-10-3-4-13(19)12(5-10)14(20)9-23/h3-8,20,23H,9,19H2,1-2H3,(H2,21,24). The molecule has 0 aromatic heterocycles. The minimum Gasteiger partial charge on any atom is -0.497 e. The van der Waals surface area contributed by atoms with Gasteiger partial charge >= 0.3 is 0 Å². The van der Waals surface area contributed by atoms with Crippen LogP contribution in [0.15, 0.2) is 35.3 Å². The van der Waals surface area contributed by atoms with Crippen molar-refractivity contribution in [1.29, 1.82) is 5.41 Å². The second-order valence-corrected chi connectivity index (χ2v) is 5.33. The Kier molecular flexibility index (Phi) is 5.92. The highest BCUT2D eigenvalue weighted by atomic mass is 16.5. The third-order valence-corrected chi connectivity index (χ3v) is 3.67. The second kappa shape index (κ2) is 8.13. The first kappa shape index (κ1) is 18.9. The molecule has 0 fully saturated rings. The van der Waals surface area contributed by atoms with E-state index in [1.807, 2.05) is 0 Å². The van der Waals surface area contributed by atoms with Crippen molar-refractivity contribution in [2.45, 2.75) is 0 Å². The van der Waals surface area contributed by atoms with Gasteiger partial charge in [0.1, 0.15) is 17.1 Å².